The van der Waals surface area contributed by atoms with Crippen LogP contribution in [0.1, 0.15) is 44.6 Å². The third-order valence-electron chi connectivity index (χ3n) is 3.85. The Hall–Kier alpha value is -1.51. The van der Waals surface area contributed by atoms with Crippen LogP contribution in [-0.2, 0) is 0 Å². The predicted octanol–water partition coefficient (Wildman–Crippen LogP) is 3.24. The Morgan fingerprint density at radius 1 is 1.30 bits per heavy atom. The van der Waals surface area contributed by atoms with E-state index in [1.807, 2.05) is 0 Å². The molecule has 2 rings (SSSR count). The Labute approximate surface area is 123 Å². The van der Waals surface area contributed by atoms with Crippen molar-refractivity contribution in [1.29, 1.82) is 0 Å². The molecule has 0 heterocycles. The standard InChI is InChI=1S/C17H27N3/c1-4-6-12-20(3)17(18-5-2)19-16-13-15(16)14-10-8-7-9-11-14/h7-11,15-16H,4-6,12-13H2,1-3H3,(H,18,19). The van der Waals surface area contributed by atoms with Gasteiger partial charge in [-0.3, -0.25) is 4.99 Å². The molecule has 3 nitrogen and oxygen atoms in total. The van der Waals surface area contributed by atoms with Gasteiger partial charge in [0.2, 0.25) is 0 Å². The van der Waals surface area contributed by atoms with E-state index in [1.54, 1.807) is 0 Å². The molecule has 1 aromatic rings. The monoisotopic (exact) mass is 273 g/mol. The molecule has 1 aliphatic rings. The van der Waals surface area contributed by atoms with Crippen LogP contribution in [0, 0.1) is 0 Å². The summed E-state index contributed by atoms with van der Waals surface area (Å²) < 4.78 is 0. The molecule has 0 bridgehead atoms. The van der Waals surface area contributed by atoms with Gasteiger partial charge in [0.1, 0.15) is 0 Å². The first-order valence-corrected chi connectivity index (χ1v) is 7.83. The van der Waals surface area contributed by atoms with Gasteiger partial charge in [-0.25, -0.2) is 0 Å². The number of hydrogen-bond acceptors (Lipinski definition) is 1. The van der Waals surface area contributed by atoms with Crippen LogP contribution in [0.4, 0.5) is 0 Å². The highest BCUT2D eigenvalue weighted by Gasteiger charge is 2.39. The molecule has 3 heteroatoms. The molecule has 2 atom stereocenters. The molecule has 1 aromatic carbocycles. The van der Waals surface area contributed by atoms with Crippen molar-refractivity contribution in [2.75, 3.05) is 20.1 Å². The molecule has 20 heavy (non-hydrogen) atoms. The van der Waals surface area contributed by atoms with Crippen molar-refractivity contribution >= 4 is 5.96 Å². The Morgan fingerprint density at radius 3 is 2.70 bits per heavy atom. The largest absolute Gasteiger partial charge is 0.353 e. The fourth-order valence-corrected chi connectivity index (χ4v) is 2.52. The fourth-order valence-electron chi connectivity index (χ4n) is 2.52. The van der Waals surface area contributed by atoms with E-state index in [0.717, 1.165) is 19.0 Å². The zero-order valence-corrected chi connectivity index (χ0v) is 13.0. The number of hydrogen-bond donors (Lipinski definition) is 1. The van der Waals surface area contributed by atoms with E-state index in [9.17, 15) is 0 Å². The summed E-state index contributed by atoms with van der Waals surface area (Å²) >= 11 is 0. The second kappa shape index (κ2) is 7.32. The molecule has 2 unspecified atom stereocenters. The predicted molar refractivity (Wildman–Crippen MR) is 86.2 cm³/mol. The maximum Gasteiger partial charge on any atom is 0.193 e. The third-order valence-corrected chi connectivity index (χ3v) is 3.85. The van der Waals surface area contributed by atoms with Crippen LogP contribution >= 0.6 is 0 Å². The number of unbranched alkanes of at least 4 members (excludes halogenated alkanes) is 1. The molecule has 1 N–H and O–H groups in total. The lowest BCUT2D eigenvalue weighted by Crippen LogP contribution is -2.41. The number of benzene rings is 1. The lowest BCUT2D eigenvalue weighted by atomic mass is 10.1. The number of guanidine groups is 1. The van der Waals surface area contributed by atoms with E-state index in [0.29, 0.717) is 12.0 Å². The normalized spacial score (nSPS) is 21.6. The minimum atomic E-state index is 0.548. The second-order valence-corrected chi connectivity index (χ2v) is 5.58. The lowest BCUT2D eigenvalue weighted by Gasteiger charge is -2.22. The van der Waals surface area contributed by atoms with Gasteiger partial charge < -0.3 is 10.2 Å². The smallest absolute Gasteiger partial charge is 0.193 e. The van der Waals surface area contributed by atoms with E-state index in [1.165, 1.54) is 24.8 Å². The summed E-state index contributed by atoms with van der Waals surface area (Å²) in [7, 11) is 2.14. The van der Waals surface area contributed by atoms with Gasteiger partial charge in [-0.2, -0.15) is 0 Å². The number of aliphatic imine (C=N–C) groups is 1. The molecule has 1 saturated carbocycles. The number of rotatable bonds is 6. The van der Waals surface area contributed by atoms with Crippen molar-refractivity contribution in [3.63, 3.8) is 0 Å². The average molecular weight is 273 g/mol. The average Bonchev–Trinajstić information content (AvgIpc) is 3.24. The third kappa shape index (κ3) is 3.99. The summed E-state index contributed by atoms with van der Waals surface area (Å²) in [4.78, 5) is 6.87. The van der Waals surface area contributed by atoms with Gasteiger partial charge in [0.05, 0.1) is 0 Å². The summed E-state index contributed by atoms with van der Waals surface area (Å²) in [5.41, 5.74) is 1.44. The zero-order chi connectivity index (χ0) is 14.4. The van der Waals surface area contributed by atoms with E-state index in [4.69, 9.17) is 0 Å². The highest BCUT2D eigenvalue weighted by molar-refractivity contribution is 5.80. The SMILES string of the molecule is CCCCN(C)C(=NCC)NC1CC1c1ccccc1. The van der Waals surface area contributed by atoms with Crippen LogP contribution in [-0.4, -0.2) is 37.0 Å². The number of nitrogens with one attached hydrogen (secondary N) is 1. The van der Waals surface area contributed by atoms with Gasteiger partial charge >= 0.3 is 0 Å². The van der Waals surface area contributed by atoms with Crippen molar-refractivity contribution in [3.05, 3.63) is 35.9 Å². The van der Waals surface area contributed by atoms with Crippen molar-refractivity contribution in [2.24, 2.45) is 4.99 Å². The molecule has 1 fully saturated rings. The maximum absolute atomic E-state index is 4.62. The van der Waals surface area contributed by atoms with E-state index in [2.05, 4.69) is 66.4 Å². The van der Waals surface area contributed by atoms with Crippen LogP contribution < -0.4 is 5.32 Å². The summed E-state index contributed by atoms with van der Waals surface area (Å²) in [5.74, 6) is 1.71. The van der Waals surface area contributed by atoms with Crippen molar-refractivity contribution in [2.45, 2.75) is 45.1 Å². The van der Waals surface area contributed by atoms with Gasteiger partial charge in [-0.15, -0.1) is 0 Å². The van der Waals surface area contributed by atoms with Gasteiger partial charge in [-0.1, -0.05) is 43.7 Å². The highest BCUT2D eigenvalue weighted by Crippen LogP contribution is 2.40. The first kappa shape index (κ1) is 14.9. The molecule has 0 amide bonds. The quantitative estimate of drug-likeness (QED) is 0.636. The summed E-state index contributed by atoms with van der Waals surface area (Å²) in [6.07, 6.45) is 3.65. The highest BCUT2D eigenvalue weighted by atomic mass is 15.3. The molecular weight excluding hydrogens is 246 g/mol. The van der Waals surface area contributed by atoms with E-state index >= 15 is 0 Å². The zero-order valence-electron chi connectivity index (χ0n) is 13.0. The molecule has 0 saturated heterocycles. The van der Waals surface area contributed by atoms with E-state index in [-0.39, 0.29) is 0 Å². The van der Waals surface area contributed by atoms with Gasteiger partial charge in [0.15, 0.2) is 5.96 Å². The minimum absolute atomic E-state index is 0.548. The van der Waals surface area contributed by atoms with Gasteiger partial charge in [-0.05, 0) is 25.3 Å². The van der Waals surface area contributed by atoms with Crippen LogP contribution in [0.25, 0.3) is 0 Å². The van der Waals surface area contributed by atoms with Crippen molar-refractivity contribution in [3.8, 4) is 0 Å². The fraction of sp³-hybridized carbons (Fsp3) is 0.588. The van der Waals surface area contributed by atoms with Crippen LogP contribution in [0.3, 0.4) is 0 Å². The Balaban J connectivity index is 1.89. The second-order valence-electron chi connectivity index (χ2n) is 5.58. The topological polar surface area (TPSA) is 27.6 Å². The van der Waals surface area contributed by atoms with E-state index < -0.39 is 0 Å². The Kier molecular flexibility index (Phi) is 5.45. The molecule has 110 valence electrons. The minimum Gasteiger partial charge on any atom is -0.353 e. The molecular formula is C17H27N3. The molecule has 0 radical (unpaired) electrons. The van der Waals surface area contributed by atoms with Crippen LogP contribution in [0.5, 0.6) is 0 Å². The lowest BCUT2D eigenvalue weighted by molar-refractivity contribution is 0.462. The maximum atomic E-state index is 4.62. The Morgan fingerprint density at radius 2 is 2.05 bits per heavy atom. The summed E-state index contributed by atoms with van der Waals surface area (Å²) in [6.45, 7) is 6.23. The molecule has 0 spiro atoms. The first-order chi connectivity index (χ1) is 9.76. The molecule has 0 aromatic heterocycles. The van der Waals surface area contributed by atoms with Gasteiger partial charge in [0, 0.05) is 32.1 Å². The first-order valence-electron chi connectivity index (χ1n) is 7.83. The summed E-state index contributed by atoms with van der Waals surface area (Å²) in [5, 5.41) is 3.63. The van der Waals surface area contributed by atoms with Crippen LogP contribution in [0.2, 0.25) is 0 Å². The van der Waals surface area contributed by atoms with Gasteiger partial charge in [0.25, 0.3) is 0 Å². The molecule has 0 aliphatic heterocycles. The van der Waals surface area contributed by atoms with Crippen molar-refractivity contribution in [1.82, 2.24) is 10.2 Å². The van der Waals surface area contributed by atoms with Crippen LogP contribution in [0.15, 0.2) is 35.3 Å². The Bertz CT molecular complexity index is 427. The molecule has 1 aliphatic carbocycles. The number of nitrogens with zero attached hydrogens (tertiary/aromatic N) is 2. The summed E-state index contributed by atoms with van der Waals surface area (Å²) in [6, 6.07) is 11.3. The van der Waals surface area contributed by atoms with Crippen molar-refractivity contribution < 1.29 is 0 Å².